The number of hydrogen-bond acceptors (Lipinski definition) is 2. The van der Waals surface area contributed by atoms with Crippen molar-refractivity contribution in [2.24, 2.45) is 7.05 Å². The maximum atomic E-state index is 4.49. The van der Waals surface area contributed by atoms with E-state index in [0.717, 1.165) is 5.69 Å². The van der Waals surface area contributed by atoms with E-state index in [1.54, 1.807) is 0 Å². The molecule has 1 aliphatic heterocycles. The number of aryl methyl sites for hydroxylation is 3. The highest BCUT2D eigenvalue weighted by Gasteiger charge is 2.23. The zero-order chi connectivity index (χ0) is 16.4. The van der Waals surface area contributed by atoms with E-state index in [9.17, 15) is 0 Å². The minimum Gasteiger partial charge on any atom is -0.368 e. The Morgan fingerprint density at radius 2 is 2.09 bits per heavy atom. The molecule has 0 saturated heterocycles. The first kappa shape index (κ1) is 16.1. The summed E-state index contributed by atoms with van der Waals surface area (Å²) >= 11 is 0. The van der Waals surface area contributed by atoms with E-state index in [2.05, 4.69) is 55.2 Å². The molecular weight excluding hydrogens is 282 g/mol. The largest absolute Gasteiger partial charge is 0.368 e. The van der Waals surface area contributed by atoms with Gasteiger partial charge in [-0.15, -0.1) is 0 Å². The smallest absolute Gasteiger partial charge is 0.0671 e. The lowest BCUT2D eigenvalue weighted by Gasteiger charge is -2.38. The standard InChI is InChI=1S/C20H29N3/c1-5-8-18(6-2)23-12-7-9-17-13-16(10-11-20(17)23)19-14-22(4)21-15(19)3/h10-11,13-14,18H,5-9,12H2,1-4H3. The Morgan fingerprint density at radius 3 is 2.74 bits per heavy atom. The Kier molecular flexibility index (Phi) is 4.74. The third-order valence-electron chi connectivity index (χ3n) is 5.09. The second-order valence-electron chi connectivity index (χ2n) is 6.79. The molecule has 0 saturated carbocycles. The second-order valence-corrected chi connectivity index (χ2v) is 6.79. The molecule has 0 spiro atoms. The predicted octanol–water partition coefficient (Wildman–Crippen LogP) is 4.73. The summed E-state index contributed by atoms with van der Waals surface area (Å²) in [7, 11) is 1.99. The summed E-state index contributed by atoms with van der Waals surface area (Å²) in [6, 6.07) is 7.70. The van der Waals surface area contributed by atoms with Crippen molar-refractivity contribution in [2.45, 2.75) is 58.9 Å². The molecule has 0 amide bonds. The van der Waals surface area contributed by atoms with Crippen molar-refractivity contribution in [1.29, 1.82) is 0 Å². The number of rotatable bonds is 5. The predicted molar refractivity (Wildman–Crippen MR) is 98.0 cm³/mol. The van der Waals surface area contributed by atoms with Crippen LogP contribution in [0.1, 0.15) is 50.8 Å². The van der Waals surface area contributed by atoms with Crippen LogP contribution in [0.2, 0.25) is 0 Å². The van der Waals surface area contributed by atoms with E-state index < -0.39 is 0 Å². The van der Waals surface area contributed by atoms with Crippen LogP contribution in [0.5, 0.6) is 0 Å². The van der Waals surface area contributed by atoms with Gasteiger partial charge >= 0.3 is 0 Å². The van der Waals surface area contributed by atoms with Gasteiger partial charge in [-0.05, 0) is 55.9 Å². The van der Waals surface area contributed by atoms with E-state index in [-0.39, 0.29) is 0 Å². The molecule has 0 aliphatic carbocycles. The number of fused-ring (bicyclic) bond motifs is 1. The normalized spacial score (nSPS) is 15.6. The van der Waals surface area contributed by atoms with Crippen molar-refractivity contribution >= 4 is 5.69 Å². The van der Waals surface area contributed by atoms with Crippen molar-refractivity contribution in [3.05, 3.63) is 35.7 Å². The molecule has 1 aromatic heterocycles. The van der Waals surface area contributed by atoms with Crippen LogP contribution in [-0.2, 0) is 13.5 Å². The van der Waals surface area contributed by atoms with Crippen LogP contribution >= 0.6 is 0 Å². The summed E-state index contributed by atoms with van der Waals surface area (Å²) < 4.78 is 1.91. The third kappa shape index (κ3) is 3.15. The minimum atomic E-state index is 0.685. The Labute approximate surface area is 140 Å². The van der Waals surface area contributed by atoms with E-state index in [0.29, 0.717) is 6.04 Å². The fourth-order valence-corrected chi connectivity index (χ4v) is 3.97. The number of nitrogens with zero attached hydrogens (tertiary/aromatic N) is 3. The molecule has 0 fully saturated rings. The first-order valence-corrected chi connectivity index (χ1v) is 9.04. The second kappa shape index (κ2) is 6.77. The van der Waals surface area contributed by atoms with Crippen LogP contribution in [0, 0.1) is 6.92 Å². The number of anilines is 1. The number of hydrogen-bond donors (Lipinski definition) is 0. The molecule has 3 rings (SSSR count). The van der Waals surface area contributed by atoms with Gasteiger partial charge in [-0.3, -0.25) is 4.68 Å². The molecule has 0 bridgehead atoms. The molecule has 3 heteroatoms. The lowest BCUT2D eigenvalue weighted by atomic mass is 9.94. The summed E-state index contributed by atoms with van der Waals surface area (Å²) in [6.07, 6.45) is 8.38. The van der Waals surface area contributed by atoms with Crippen LogP contribution in [-0.4, -0.2) is 22.4 Å². The van der Waals surface area contributed by atoms with E-state index >= 15 is 0 Å². The van der Waals surface area contributed by atoms with E-state index in [4.69, 9.17) is 0 Å². The summed E-state index contributed by atoms with van der Waals surface area (Å²) in [5.74, 6) is 0. The molecule has 2 aromatic rings. The molecule has 3 nitrogen and oxygen atoms in total. The summed E-state index contributed by atoms with van der Waals surface area (Å²) in [4.78, 5) is 2.65. The minimum absolute atomic E-state index is 0.685. The lowest BCUT2D eigenvalue weighted by Crippen LogP contribution is -2.38. The number of benzene rings is 1. The molecule has 124 valence electrons. The summed E-state index contributed by atoms with van der Waals surface area (Å²) in [5, 5.41) is 4.49. The Bertz CT molecular complexity index is 672. The fourth-order valence-electron chi connectivity index (χ4n) is 3.97. The van der Waals surface area contributed by atoms with Crippen molar-refractivity contribution in [3.8, 4) is 11.1 Å². The maximum Gasteiger partial charge on any atom is 0.0671 e. The molecular formula is C20H29N3. The highest BCUT2D eigenvalue weighted by Crippen LogP contribution is 2.34. The summed E-state index contributed by atoms with van der Waals surface area (Å²) in [6.45, 7) is 7.91. The molecule has 2 heterocycles. The fraction of sp³-hybridized carbons (Fsp3) is 0.550. The third-order valence-corrected chi connectivity index (χ3v) is 5.09. The first-order chi connectivity index (χ1) is 11.1. The molecule has 1 unspecified atom stereocenters. The van der Waals surface area contributed by atoms with Gasteiger partial charge in [-0.2, -0.15) is 5.10 Å². The van der Waals surface area contributed by atoms with Gasteiger partial charge in [0.2, 0.25) is 0 Å². The highest BCUT2D eigenvalue weighted by atomic mass is 15.2. The van der Waals surface area contributed by atoms with Gasteiger partial charge in [0.05, 0.1) is 5.69 Å². The van der Waals surface area contributed by atoms with Gasteiger partial charge in [0.25, 0.3) is 0 Å². The molecule has 0 N–H and O–H groups in total. The molecule has 1 aliphatic rings. The van der Waals surface area contributed by atoms with Crippen molar-refractivity contribution in [1.82, 2.24) is 9.78 Å². The Morgan fingerprint density at radius 1 is 1.26 bits per heavy atom. The molecule has 0 radical (unpaired) electrons. The summed E-state index contributed by atoms with van der Waals surface area (Å²) in [5.41, 5.74) is 6.64. The van der Waals surface area contributed by atoms with Crippen molar-refractivity contribution in [3.63, 3.8) is 0 Å². The lowest BCUT2D eigenvalue weighted by molar-refractivity contribution is 0.509. The quantitative estimate of drug-likeness (QED) is 0.796. The van der Waals surface area contributed by atoms with Crippen LogP contribution < -0.4 is 4.90 Å². The van der Waals surface area contributed by atoms with Gasteiger partial charge in [-0.1, -0.05) is 26.3 Å². The van der Waals surface area contributed by atoms with Crippen LogP contribution in [0.15, 0.2) is 24.4 Å². The van der Waals surface area contributed by atoms with Gasteiger partial charge in [0.1, 0.15) is 0 Å². The highest BCUT2D eigenvalue weighted by molar-refractivity contribution is 5.71. The van der Waals surface area contributed by atoms with Gasteiger partial charge in [-0.25, -0.2) is 0 Å². The molecule has 1 aromatic carbocycles. The zero-order valence-electron chi connectivity index (χ0n) is 15.0. The zero-order valence-corrected chi connectivity index (χ0v) is 15.0. The SMILES string of the molecule is CCCC(CC)N1CCCc2cc(-c3cn(C)nc3C)ccc21. The Hall–Kier alpha value is -1.77. The topological polar surface area (TPSA) is 21.1 Å². The van der Waals surface area contributed by atoms with E-state index in [1.807, 2.05) is 11.7 Å². The van der Waals surface area contributed by atoms with Crippen molar-refractivity contribution in [2.75, 3.05) is 11.4 Å². The van der Waals surface area contributed by atoms with E-state index in [1.165, 1.54) is 61.0 Å². The van der Waals surface area contributed by atoms with Gasteiger partial charge < -0.3 is 4.90 Å². The average molecular weight is 311 g/mol. The first-order valence-electron chi connectivity index (χ1n) is 9.04. The van der Waals surface area contributed by atoms with Gasteiger partial charge in [0, 0.05) is 37.1 Å². The van der Waals surface area contributed by atoms with Crippen LogP contribution in [0.4, 0.5) is 5.69 Å². The van der Waals surface area contributed by atoms with Crippen LogP contribution in [0.3, 0.4) is 0 Å². The number of aromatic nitrogens is 2. The van der Waals surface area contributed by atoms with Crippen LogP contribution in [0.25, 0.3) is 11.1 Å². The molecule has 1 atom stereocenters. The van der Waals surface area contributed by atoms with Crippen molar-refractivity contribution < 1.29 is 0 Å². The van der Waals surface area contributed by atoms with Gasteiger partial charge in [0.15, 0.2) is 0 Å². The Balaban J connectivity index is 1.95. The maximum absolute atomic E-state index is 4.49. The monoisotopic (exact) mass is 311 g/mol. The average Bonchev–Trinajstić information content (AvgIpc) is 2.90. The molecule has 23 heavy (non-hydrogen) atoms.